The number of fused-ring (bicyclic) bond motifs is 1. The van der Waals surface area contributed by atoms with E-state index in [1.165, 1.54) is 6.07 Å². The fourth-order valence-electron chi connectivity index (χ4n) is 5.30. The highest BCUT2D eigenvalue weighted by Gasteiger charge is 2.35. The molecule has 1 aromatic heterocycles. The average Bonchev–Trinajstić information content (AvgIpc) is 3.20. The van der Waals surface area contributed by atoms with Crippen LogP contribution in [0.2, 0.25) is 0 Å². The van der Waals surface area contributed by atoms with Gasteiger partial charge in [0.25, 0.3) is 0 Å². The molecule has 2 fully saturated rings. The smallest absolute Gasteiger partial charge is 0.318 e. The van der Waals surface area contributed by atoms with Crippen molar-refractivity contribution in [2.24, 2.45) is 5.92 Å². The predicted molar refractivity (Wildman–Crippen MR) is 122 cm³/mol. The van der Waals surface area contributed by atoms with Crippen LogP contribution in [0.15, 0.2) is 24.4 Å². The van der Waals surface area contributed by atoms with E-state index in [0.29, 0.717) is 37.7 Å². The molecule has 3 aliphatic heterocycles. The molecule has 1 unspecified atom stereocenters. The number of carbonyl (C=O) groups excluding carboxylic acids is 1. The van der Waals surface area contributed by atoms with Gasteiger partial charge in [0.15, 0.2) is 11.6 Å². The van der Waals surface area contributed by atoms with Crippen molar-refractivity contribution in [3.8, 4) is 0 Å². The molecule has 4 heterocycles. The Balaban J connectivity index is 1.24. The van der Waals surface area contributed by atoms with Crippen molar-refractivity contribution >= 4 is 6.03 Å². The number of likely N-dealkylation sites (tertiary alicyclic amines) is 1. The van der Waals surface area contributed by atoms with E-state index < -0.39 is 11.6 Å². The van der Waals surface area contributed by atoms with Gasteiger partial charge in [-0.2, -0.15) is 0 Å². The molecule has 2 saturated heterocycles. The first-order valence-electron chi connectivity index (χ1n) is 12.1. The Hall–Kier alpha value is -2.65. The zero-order valence-corrected chi connectivity index (χ0v) is 19.5. The molecule has 0 radical (unpaired) electrons. The second kappa shape index (κ2) is 9.92. The highest BCUT2D eigenvalue weighted by Crippen LogP contribution is 2.29. The maximum absolute atomic E-state index is 13.8. The first-order valence-corrected chi connectivity index (χ1v) is 12.1. The first kappa shape index (κ1) is 23.1. The molecule has 0 saturated carbocycles. The number of rotatable bonds is 4. The molecule has 3 aliphatic rings. The lowest BCUT2D eigenvalue weighted by molar-refractivity contribution is 0.0659. The van der Waals surface area contributed by atoms with Gasteiger partial charge in [-0.15, -0.1) is 0 Å². The molecule has 34 heavy (non-hydrogen) atoms. The van der Waals surface area contributed by atoms with Crippen molar-refractivity contribution < 1.29 is 18.3 Å². The highest BCUT2D eigenvalue weighted by atomic mass is 19.2. The van der Waals surface area contributed by atoms with Gasteiger partial charge in [0.1, 0.15) is 5.82 Å². The van der Waals surface area contributed by atoms with Gasteiger partial charge in [-0.05, 0) is 55.5 Å². The summed E-state index contributed by atoms with van der Waals surface area (Å²) in [6.07, 6.45) is 5.54. The molecule has 0 bridgehead atoms. The zero-order valence-electron chi connectivity index (χ0n) is 19.5. The number of carbonyl (C=O) groups is 1. The fourth-order valence-corrected chi connectivity index (χ4v) is 5.30. The number of urea groups is 1. The van der Waals surface area contributed by atoms with E-state index in [-0.39, 0.29) is 18.0 Å². The van der Waals surface area contributed by atoms with Crippen LogP contribution in [0.5, 0.6) is 0 Å². The molecule has 0 spiro atoms. The summed E-state index contributed by atoms with van der Waals surface area (Å²) < 4.78 is 32.7. The highest BCUT2D eigenvalue weighted by molar-refractivity contribution is 5.75. The van der Waals surface area contributed by atoms with E-state index in [0.717, 1.165) is 62.0 Å². The largest absolute Gasteiger partial charge is 0.381 e. The summed E-state index contributed by atoms with van der Waals surface area (Å²) in [4.78, 5) is 26.4. The number of nitrogens with zero attached hydrogens (tertiary/aromatic N) is 4. The summed E-state index contributed by atoms with van der Waals surface area (Å²) >= 11 is 0. The number of likely N-dealkylation sites (N-methyl/N-ethyl adjacent to an activating group) is 1. The third-order valence-corrected chi connectivity index (χ3v) is 7.28. The van der Waals surface area contributed by atoms with Gasteiger partial charge in [0.05, 0.1) is 18.3 Å². The van der Waals surface area contributed by atoms with Gasteiger partial charge in [0.2, 0.25) is 0 Å². The summed E-state index contributed by atoms with van der Waals surface area (Å²) in [5, 5.41) is 3.14. The SMILES string of the molecule is CN1CC(NC(=O)N2CCc3cnc(CC4CCOCC4)nc3C2)[C@H](c2ccc(F)c(F)c2)C1. The summed E-state index contributed by atoms with van der Waals surface area (Å²) in [6, 6.07) is 3.67. The van der Waals surface area contributed by atoms with E-state index in [1.54, 1.807) is 11.0 Å². The lowest BCUT2D eigenvalue weighted by Crippen LogP contribution is -2.49. The van der Waals surface area contributed by atoms with E-state index in [4.69, 9.17) is 9.72 Å². The van der Waals surface area contributed by atoms with Crippen LogP contribution in [0.3, 0.4) is 0 Å². The number of halogens is 2. The normalized spacial score (nSPS) is 23.7. The molecular formula is C25H31F2N5O2. The second-order valence-corrected chi connectivity index (χ2v) is 9.75. The fraction of sp³-hybridized carbons (Fsp3) is 0.560. The Morgan fingerprint density at radius 1 is 1.21 bits per heavy atom. The van der Waals surface area contributed by atoms with Crippen molar-refractivity contribution in [1.82, 2.24) is 25.1 Å². The van der Waals surface area contributed by atoms with Crippen LogP contribution >= 0.6 is 0 Å². The van der Waals surface area contributed by atoms with Gasteiger partial charge in [0, 0.05) is 51.4 Å². The molecule has 7 nitrogen and oxygen atoms in total. The summed E-state index contributed by atoms with van der Waals surface area (Å²) in [7, 11) is 1.97. The minimum Gasteiger partial charge on any atom is -0.381 e. The molecular weight excluding hydrogens is 440 g/mol. The molecule has 2 atom stereocenters. The average molecular weight is 472 g/mol. The van der Waals surface area contributed by atoms with E-state index in [1.807, 2.05) is 13.2 Å². The van der Waals surface area contributed by atoms with Gasteiger partial charge in [-0.25, -0.2) is 23.5 Å². The van der Waals surface area contributed by atoms with Crippen LogP contribution in [0.1, 0.15) is 41.4 Å². The Morgan fingerprint density at radius 2 is 2.03 bits per heavy atom. The number of amides is 2. The first-order chi connectivity index (χ1) is 16.5. The molecule has 2 amide bonds. The van der Waals surface area contributed by atoms with E-state index >= 15 is 0 Å². The van der Waals surface area contributed by atoms with E-state index in [2.05, 4.69) is 15.2 Å². The van der Waals surface area contributed by atoms with Crippen molar-refractivity contribution in [3.63, 3.8) is 0 Å². The van der Waals surface area contributed by atoms with Crippen LogP contribution in [-0.4, -0.2) is 71.7 Å². The third kappa shape index (κ3) is 5.05. The van der Waals surface area contributed by atoms with Gasteiger partial charge in [-0.3, -0.25) is 0 Å². The number of hydrogen-bond acceptors (Lipinski definition) is 5. The molecule has 1 N–H and O–H groups in total. The molecule has 5 rings (SSSR count). The van der Waals surface area contributed by atoms with Gasteiger partial charge >= 0.3 is 6.03 Å². The predicted octanol–water partition coefficient (Wildman–Crippen LogP) is 2.89. The number of ether oxygens (including phenoxy) is 1. The van der Waals surface area contributed by atoms with Crippen molar-refractivity contribution in [2.45, 2.75) is 44.2 Å². The van der Waals surface area contributed by atoms with E-state index in [9.17, 15) is 13.6 Å². The molecule has 1 aromatic carbocycles. The Bertz CT molecular complexity index is 1050. The number of hydrogen-bond donors (Lipinski definition) is 1. The standard InChI is InChI=1S/C25H31F2N5O2/c1-31-13-19(17-2-3-20(26)21(27)11-17)23(14-31)30-25(33)32-7-4-18-12-28-24(29-22(18)15-32)10-16-5-8-34-9-6-16/h2-3,11-12,16,19,23H,4-10,13-15H2,1H3,(H,30,33)/t19-,23?/m0/s1. The maximum Gasteiger partial charge on any atom is 0.318 e. The molecule has 2 aromatic rings. The van der Waals surface area contributed by atoms with Crippen LogP contribution in [0, 0.1) is 17.6 Å². The second-order valence-electron chi connectivity index (χ2n) is 9.75. The summed E-state index contributed by atoms with van der Waals surface area (Å²) in [6.45, 7) is 3.96. The maximum atomic E-state index is 13.8. The summed E-state index contributed by atoms with van der Waals surface area (Å²) in [5.74, 6) is -0.442. The molecule has 9 heteroatoms. The van der Waals surface area contributed by atoms with Crippen molar-refractivity contribution in [3.05, 3.63) is 58.7 Å². The molecule has 182 valence electrons. The number of benzene rings is 1. The summed E-state index contributed by atoms with van der Waals surface area (Å²) in [5.41, 5.74) is 2.71. The van der Waals surface area contributed by atoms with Crippen molar-refractivity contribution in [1.29, 1.82) is 0 Å². The van der Waals surface area contributed by atoms with Crippen LogP contribution in [0.25, 0.3) is 0 Å². The monoisotopic (exact) mass is 471 g/mol. The van der Waals surface area contributed by atoms with Crippen LogP contribution in [-0.2, 0) is 24.1 Å². The zero-order chi connectivity index (χ0) is 23.7. The number of nitrogens with one attached hydrogen (secondary N) is 1. The minimum atomic E-state index is -0.860. The number of aromatic nitrogens is 2. The van der Waals surface area contributed by atoms with Gasteiger partial charge < -0.3 is 19.9 Å². The Labute approximate surface area is 198 Å². The topological polar surface area (TPSA) is 70.6 Å². The van der Waals surface area contributed by atoms with Gasteiger partial charge in [-0.1, -0.05) is 6.07 Å². The lowest BCUT2D eigenvalue weighted by Gasteiger charge is -2.31. The van der Waals surface area contributed by atoms with Crippen LogP contribution < -0.4 is 5.32 Å². The Morgan fingerprint density at radius 3 is 2.82 bits per heavy atom. The Kier molecular flexibility index (Phi) is 6.74. The lowest BCUT2D eigenvalue weighted by atomic mass is 9.94. The quantitative estimate of drug-likeness (QED) is 0.743. The molecule has 0 aliphatic carbocycles. The minimum absolute atomic E-state index is 0.102. The third-order valence-electron chi connectivity index (χ3n) is 7.28. The van der Waals surface area contributed by atoms with Crippen LogP contribution in [0.4, 0.5) is 13.6 Å². The van der Waals surface area contributed by atoms with Crippen molar-refractivity contribution in [2.75, 3.05) is 39.9 Å².